The largest absolute Gasteiger partial charge is 0.342 e. The van der Waals surface area contributed by atoms with E-state index in [-0.39, 0.29) is 23.1 Å². The number of carbonyl (C=O) groups excluding carboxylic acids is 2. The summed E-state index contributed by atoms with van der Waals surface area (Å²) >= 11 is 0. The molecule has 4 rings (SSSR count). The Morgan fingerprint density at radius 2 is 1.79 bits per heavy atom. The SMILES string of the molecule is O=C1Cc2cc(S(=O)(=O)Nc3ccc(CC(=O)N4CCCC4)cc3)ccc2N1. The van der Waals surface area contributed by atoms with Gasteiger partial charge in [0.2, 0.25) is 11.8 Å². The van der Waals surface area contributed by atoms with Crippen molar-refractivity contribution in [1.82, 2.24) is 4.90 Å². The molecule has 2 N–H and O–H groups in total. The molecule has 0 aliphatic carbocycles. The number of benzene rings is 2. The number of nitrogens with one attached hydrogen (secondary N) is 2. The van der Waals surface area contributed by atoms with Gasteiger partial charge in [-0.05, 0) is 54.3 Å². The molecule has 2 aromatic carbocycles. The number of rotatable bonds is 5. The maximum Gasteiger partial charge on any atom is 0.261 e. The molecule has 0 aromatic heterocycles. The van der Waals surface area contributed by atoms with E-state index >= 15 is 0 Å². The Hall–Kier alpha value is -2.87. The summed E-state index contributed by atoms with van der Waals surface area (Å²) in [7, 11) is -3.77. The lowest BCUT2D eigenvalue weighted by Crippen LogP contribution is -2.29. The molecule has 146 valence electrons. The Kier molecular flexibility index (Phi) is 4.80. The molecule has 8 heteroatoms. The van der Waals surface area contributed by atoms with Crippen LogP contribution in [0.4, 0.5) is 11.4 Å². The number of likely N-dealkylation sites (tertiary alicyclic amines) is 1. The van der Waals surface area contributed by atoms with Crippen LogP contribution < -0.4 is 10.0 Å². The van der Waals surface area contributed by atoms with Crippen LogP contribution in [-0.2, 0) is 32.5 Å². The highest BCUT2D eigenvalue weighted by atomic mass is 32.2. The zero-order chi connectivity index (χ0) is 19.7. The fourth-order valence-corrected chi connectivity index (χ4v) is 4.64. The predicted octanol–water partition coefficient (Wildman–Crippen LogP) is 2.15. The molecule has 28 heavy (non-hydrogen) atoms. The summed E-state index contributed by atoms with van der Waals surface area (Å²) in [6, 6.07) is 11.4. The molecular weight excluding hydrogens is 378 g/mol. The minimum Gasteiger partial charge on any atom is -0.342 e. The minimum atomic E-state index is -3.77. The first-order chi connectivity index (χ1) is 13.4. The van der Waals surface area contributed by atoms with Crippen molar-refractivity contribution in [3.63, 3.8) is 0 Å². The van der Waals surface area contributed by atoms with Gasteiger partial charge in [0.25, 0.3) is 10.0 Å². The van der Waals surface area contributed by atoms with Gasteiger partial charge in [-0.3, -0.25) is 14.3 Å². The average molecular weight is 399 g/mol. The fourth-order valence-electron chi connectivity index (χ4n) is 3.53. The van der Waals surface area contributed by atoms with Crippen LogP contribution in [0.5, 0.6) is 0 Å². The maximum absolute atomic E-state index is 12.6. The number of carbonyl (C=O) groups is 2. The third-order valence-electron chi connectivity index (χ3n) is 5.03. The highest BCUT2D eigenvalue weighted by Crippen LogP contribution is 2.27. The molecule has 0 bridgehead atoms. The van der Waals surface area contributed by atoms with Crippen molar-refractivity contribution in [2.24, 2.45) is 0 Å². The third kappa shape index (κ3) is 3.87. The van der Waals surface area contributed by atoms with Gasteiger partial charge in [0.15, 0.2) is 0 Å². The van der Waals surface area contributed by atoms with E-state index in [2.05, 4.69) is 10.0 Å². The quantitative estimate of drug-likeness (QED) is 0.805. The van der Waals surface area contributed by atoms with Crippen molar-refractivity contribution >= 4 is 33.2 Å². The molecule has 2 aromatic rings. The average Bonchev–Trinajstić information content (AvgIpc) is 3.31. The Balaban J connectivity index is 1.44. The van der Waals surface area contributed by atoms with E-state index in [0.717, 1.165) is 31.5 Å². The number of hydrogen-bond acceptors (Lipinski definition) is 4. The van der Waals surface area contributed by atoms with E-state index in [4.69, 9.17) is 0 Å². The second kappa shape index (κ2) is 7.27. The third-order valence-corrected chi connectivity index (χ3v) is 6.41. The number of hydrogen-bond donors (Lipinski definition) is 2. The topological polar surface area (TPSA) is 95.6 Å². The molecule has 1 saturated heterocycles. The van der Waals surface area contributed by atoms with Gasteiger partial charge >= 0.3 is 0 Å². The van der Waals surface area contributed by atoms with Gasteiger partial charge < -0.3 is 10.2 Å². The van der Waals surface area contributed by atoms with Gasteiger partial charge in [0.1, 0.15) is 0 Å². The van der Waals surface area contributed by atoms with E-state index in [9.17, 15) is 18.0 Å². The van der Waals surface area contributed by atoms with Crippen LogP contribution in [-0.4, -0.2) is 38.2 Å². The summed E-state index contributed by atoms with van der Waals surface area (Å²) < 4.78 is 27.8. The Morgan fingerprint density at radius 3 is 2.50 bits per heavy atom. The van der Waals surface area contributed by atoms with Crippen LogP contribution in [0.1, 0.15) is 24.0 Å². The van der Waals surface area contributed by atoms with Gasteiger partial charge in [-0.1, -0.05) is 12.1 Å². The smallest absolute Gasteiger partial charge is 0.261 e. The number of sulfonamides is 1. The van der Waals surface area contributed by atoms with Gasteiger partial charge in [0.05, 0.1) is 17.7 Å². The van der Waals surface area contributed by atoms with Crippen molar-refractivity contribution in [2.75, 3.05) is 23.1 Å². The Labute approximate surface area is 163 Å². The van der Waals surface area contributed by atoms with E-state index in [1.54, 1.807) is 30.3 Å². The standard InChI is InChI=1S/C20H21N3O4S/c24-19-13-15-12-17(7-8-18(15)21-19)28(26,27)22-16-5-3-14(4-6-16)11-20(25)23-9-1-2-10-23/h3-8,12,22H,1-2,9-11,13H2,(H,21,24). The first kappa shape index (κ1) is 18.5. The number of fused-ring (bicyclic) bond motifs is 1. The second-order valence-electron chi connectivity index (χ2n) is 7.11. The van der Waals surface area contributed by atoms with Gasteiger partial charge in [-0.15, -0.1) is 0 Å². The zero-order valence-electron chi connectivity index (χ0n) is 15.3. The molecule has 7 nitrogen and oxygen atoms in total. The van der Waals surface area contributed by atoms with Crippen LogP contribution in [0, 0.1) is 0 Å². The van der Waals surface area contributed by atoms with E-state index in [1.165, 1.54) is 12.1 Å². The van der Waals surface area contributed by atoms with Crippen molar-refractivity contribution in [2.45, 2.75) is 30.6 Å². The summed E-state index contributed by atoms with van der Waals surface area (Å²) in [5, 5.41) is 2.68. The van der Waals surface area contributed by atoms with Gasteiger partial charge in [-0.25, -0.2) is 8.42 Å². The predicted molar refractivity (Wildman–Crippen MR) is 106 cm³/mol. The first-order valence-electron chi connectivity index (χ1n) is 9.23. The molecule has 2 aliphatic rings. The van der Waals surface area contributed by atoms with Crippen molar-refractivity contribution < 1.29 is 18.0 Å². The molecule has 2 amide bonds. The van der Waals surface area contributed by atoms with Crippen LogP contribution >= 0.6 is 0 Å². The minimum absolute atomic E-state index is 0.104. The highest BCUT2D eigenvalue weighted by molar-refractivity contribution is 7.92. The van der Waals surface area contributed by atoms with E-state index < -0.39 is 10.0 Å². The van der Waals surface area contributed by atoms with E-state index in [0.29, 0.717) is 23.4 Å². The lowest BCUT2D eigenvalue weighted by Gasteiger charge is -2.15. The summed E-state index contributed by atoms with van der Waals surface area (Å²) in [6.07, 6.45) is 2.61. The molecule has 2 heterocycles. The van der Waals surface area contributed by atoms with Crippen LogP contribution in [0.3, 0.4) is 0 Å². The van der Waals surface area contributed by atoms with Crippen molar-refractivity contribution in [1.29, 1.82) is 0 Å². The van der Waals surface area contributed by atoms with Crippen molar-refractivity contribution in [3.8, 4) is 0 Å². The van der Waals surface area contributed by atoms with Gasteiger partial charge in [-0.2, -0.15) is 0 Å². The maximum atomic E-state index is 12.6. The van der Waals surface area contributed by atoms with Gasteiger partial charge in [0, 0.05) is 24.5 Å². The van der Waals surface area contributed by atoms with E-state index in [1.807, 2.05) is 4.90 Å². The summed E-state index contributed by atoms with van der Waals surface area (Å²) in [4.78, 5) is 25.6. The molecule has 0 unspecified atom stereocenters. The molecule has 0 atom stereocenters. The lowest BCUT2D eigenvalue weighted by molar-refractivity contribution is -0.129. The first-order valence-corrected chi connectivity index (χ1v) is 10.7. The molecule has 2 aliphatic heterocycles. The highest BCUT2D eigenvalue weighted by Gasteiger charge is 2.22. The second-order valence-corrected chi connectivity index (χ2v) is 8.79. The number of amides is 2. The number of anilines is 2. The molecule has 0 radical (unpaired) electrons. The van der Waals surface area contributed by atoms with Crippen LogP contribution in [0.25, 0.3) is 0 Å². The zero-order valence-corrected chi connectivity index (χ0v) is 16.1. The summed E-state index contributed by atoms with van der Waals surface area (Å²) in [5.74, 6) is -0.0382. The molecule has 0 spiro atoms. The fraction of sp³-hybridized carbons (Fsp3) is 0.300. The normalized spacial score (nSPS) is 16.0. The molecule has 0 saturated carbocycles. The van der Waals surface area contributed by atoms with Crippen LogP contribution in [0.15, 0.2) is 47.4 Å². The summed E-state index contributed by atoms with van der Waals surface area (Å²) in [5.41, 5.74) is 2.59. The molecular formula is C20H21N3O4S. The van der Waals surface area contributed by atoms with Crippen molar-refractivity contribution in [3.05, 3.63) is 53.6 Å². The lowest BCUT2D eigenvalue weighted by atomic mass is 10.1. The summed E-state index contributed by atoms with van der Waals surface area (Å²) in [6.45, 7) is 1.64. The Morgan fingerprint density at radius 1 is 1.07 bits per heavy atom. The molecule has 1 fully saturated rings. The Bertz CT molecular complexity index is 1030. The number of nitrogens with zero attached hydrogens (tertiary/aromatic N) is 1. The van der Waals surface area contributed by atoms with Crippen LogP contribution in [0.2, 0.25) is 0 Å². The monoisotopic (exact) mass is 399 g/mol.